The van der Waals surface area contributed by atoms with Gasteiger partial charge in [-0.05, 0) is 89.3 Å². The van der Waals surface area contributed by atoms with E-state index in [-0.39, 0.29) is 18.3 Å². The van der Waals surface area contributed by atoms with Gasteiger partial charge in [0, 0.05) is 17.7 Å². The van der Waals surface area contributed by atoms with Gasteiger partial charge in [0.05, 0.1) is 11.1 Å². The Bertz CT molecular complexity index is 1090. The summed E-state index contributed by atoms with van der Waals surface area (Å²) in [6.45, 7) is 6.68. The maximum atomic E-state index is 12.4. The maximum Gasteiger partial charge on any atom is 0.311 e. The van der Waals surface area contributed by atoms with Crippen molar-refractivity contribution in [3.8, 4) is 11.5 Å². The second kappa shape index (κ2) is 11.7. The number of hydrogen-bond donors (Lipinski definition) is 1. The number of esters is 1. The molecular weight excluding hydrogens is 482 g/mol. The molecule has 1 N–H and O–H groups in total. The van der Waals surface area contributed by atoms with Crippen molar-refractivity contribution in [1.82, 2.24) is 0 Å². The van der Waals surface area contributed by atoms with E-state index >= 15 is 0 Å². The Balaban J connectivity index is 1.42. The molecule has 0 bridgehead atoms. The summed E-state index contributed by atoms with van der Waals surface area (Å²) in [6.07, 6.45) is 0.769. The lowest BCUT2D eigenvalue weighted by molar-refractivity contribution is -0.134. The summed E-state index contributed by atoms with van der Waals surface area (Å²) < 4.78 is 12.0. The second-order valence-electron chi connectivity index (χ2n) is 8.12. The van der Waals surface area contributed by atoms with Gasteiger partial charge in [-0.1, -0.05) is 37.6 Å². The van der Waals surface area contributed by atoms with E-state index in [9.17, 15) is 9.59 Å². The molecule has 0 aliphatic heterocycles. The normalized spacial score (nSPS) is 10.7. The molecule has 0 radical (unpaired) electrons. The van der Waals surface area contributed by atoms with Crippen LogP contribution in [0.4, 0.5) is 5.69 Å². The lowest BCUT2D eigenvalue weighted by Crippen LogP contribution is -2.12. The summed E-state index contributed by atoms with van der Waals surface area (Å²) in [5.74, 6) is 1.04. The van der Waals surface area contributed by atoms with Gasteiger partial charge in [0.2, 0.25) is 0 Å². The Morgan fingerprint density at radius 1 is 0.970 bits per heavy atom. The molecule has 3 rings (SSSR count). The smallest absolute Gasteiger partial charge is 0.311 e. The molecule has 172 valence electrons. The minimum atomic E-state index is -0.343. The minimum absolute atomic E-state index is 0.221. The van der Waals surface area contributed by atoms with Crippen LogP contribution in [0, 0.1) is 6.92 Å². The molecule has 6 heteroatoms. The predicted molar refractivity (Wildman–Crippen MR) is 134 cm³/mol. The lowest BCUT2D eigenvalue weighted by atomic mass is 10.0. The summed E-state index contributed by atoms with van der Waals surface area (Å²) in [7, 11) is 0. The van der Waals surface area contributed by atoms with Crippen molar-refractivity contribution in [1.29, 1.82) is 0 Å². The quantitative estimate of drug-likeness (QED) is 0.193. The average molecular weight is 510 g/mol. The fourth-order valence-corrected chi connectivity index (χ4v) is 3.60. The molecule has 0 unspecified atom stereocenters. The molecule has 0 saturated heterocycles. The minimum Gasteiger partial charge on any atom is -0.492 e. The number of ether oxygens (including phenoxy) is 2. The van der Waals surface area contributed by atoms with Crippen molar-refractivity contribution in [2.75, 3.05) is 11.9 Å². The number of rotatable bonds is 9. The van der Waals surface area contributed by atoms with Crippen LogP contribution in [0.15, 0.2) is 71.2 Å². The van der Waals surface area contributed by atoms with Crippen molar-refractivity contribution < 1.29 is 19.1 Å². The van der Waals surface area contributed by atoms with E-state index in [0.29, 0.717) is 30.3 Å². The van der Waals surface area contributed by atoms with E-state index in [1.165, 1.54) is 5.56 Å². The summed E-state index contributed by atoms with van der Waals surface area (Å²) in [6, 6.07) is 20.1. The second-order valence-corrected chi connectivity index (χ2v) is 8.97. The number of anilines is 1. The number of hydrogen-bond acceptors (Lipinski definition) is 4. The molecule has 0 aromatic heterocycles. The molecule has 3 aromatic rings. The van der Waals surface area contributed by atoms with Gasteiger partial charge in [-0.2, -0.15) is 0 Å². The van der Waals surface area contributed by atoms with Crippen molar-refractivity contribution in [2.45, 2.75) is 39.5 Å². The Hall–Kier alpha value is -3.12. The highest BCUT2D eigenvalue weighted by atomic mass is 79.9. The number of aryl methyl sites for hydroxylation is 1. The summed E-state index contributed by atoms with van der Waals surface area (Å²) in [5.41, 5.74) is 3.57. The standard InChI is InChI=1S/C27H28BrNO4/c1-18(2)21-10-15-25(24(28)17-21)32-16-4-5-26(30)33-23-13-8-20(9-14-23)27(31)29-22-11-6-19(3)7-12-22/h6-15,17-18H,4-5,16H2,1-3H3,(H,29,31). The first-order valence-electron chi connectivity index (χ1n) is 10.9. The molecule has 0 aliphatic carbocycles. The summed E-state index contributed by atoms with van der Waals surface area (Å²) in [4.78, 5) is 24.5. The summed E-state index contributed by atoms with van der Waals surface area (Å²) in [5, 5.41) is 2.84. The molecule has 0 spiro atoms. The molecule has 0 heterocycles. The van der Waals surface area contributed by atoms with E-state index in [0.717, 1.165) is 21.5 Å². The number of benzene rings is 3. The topological polar surface area (TPSA) is 64.6 Å². The van der Waals surface area contributed by atoms with E-state index in [1.807, 2.05) is 43.3 Å². The first-order valence-corrected chi connectivity index (χ1v) is 11.7. The molecule has 3 aromatic carbocycles. The van der Waals surface area contributed by atoms with Gasteiger partial charge >= 0.3 is 5.97 Å². The Morgan fingerprint density at radius 2 is 1.67 bits per heavy atom. The number of halogens is 1. The fraction of sp³-hybridized carbons (Fsp3) is 0.259. The number of amides is 1. The van der Waals surface area contributed by atoms with Crippen LogP contribution in [0.5, 0.6) is 11.5 Å². The van der Waals surface area contributed by atoms with Crippen LogP contribution in [0.2, 0.25) is 0 Å². The van der Waals surface area contributed by atoms with Gasteiger partial charge in [-0.15, -0.1) is 0 Å². The van der Waals surface area contributed by atoms with Gasteiger partial charge in [-0.25, -0.2) is 0 Å². The first-order chi connectivity index (χ1) is 15.8. The SMILES string of the molecule is Cc1ccc(NC(=O)c2ccc(OC(=O)CCCOc3ccc(C(C)C)cc3Br)cc2)cc1. The van der Waals surface area contributed by atoms with Crippen molar-refractivity contribution in [3.05, 3.63) is 87.9 Å². The van der Waals surface area contributed by atoms with Crippen LogP contribution in [-0.4, -0.2) is 18.5 Å². The highest BCUT2D eigenvalue weighted by Crippen LogP contribution is 2.29. The molecule has 0 fully saturated rings. The van der Waals surface area contributed by atoms with Crippen LogP contribution in [0.25, 0.3) is 0 Å². The highest BCUT2D eigenvalue weighted by molar-refractivity contribution is 9.10. The molecule has 5 nitrogen and oxygen atoms in total. The zero-order valence-corrected chi connectivity index (χ0v) is 20.6. The van der Waals surface area contributed by atoms with E-state index in [2.05, 4.69) is 41.2 Å². The third-order valence-electron chi connectivity index (χ3n) is 5.06. The highest BCUT2D eigenvalue weighted by Gasteiger charge is 2.10. The molecule has 1 amide bonds. The van der Waals surface area contributed by atoms with Gasteiger partial charge < -0.3 is 14.8 Å². The van der Waals surface area contributed by atoms with Crippen LogP contribution < -0.4 is 14.8 Å². The number of carbonyl (C=O) groups excluding carboxylic acids is 2. The van der Waals surface area contributed by atoms with Gasteiger partial charge in [0.1, 0.15) is 11.5 Å². The fourth-order valence-electron chi connectivity index (χ4n) is 3.09. The Labute approximate surface area is 203 Å². The monoisotopic (exact) mass is 509 g/mol. The van der Waals surface area contributed by atoms with Crippen LogP contribution >= 0.6 is 15.9 Å². The van der Waals surface area contributed by atoms with Crippen molar-refractivity contribution in [2.24, 2.45) is 0 Å². The Kier molecular flexibility index (Phi) is 8.66. The van der Waals surface area contributed by atoms with Crippen LogP contribution in [0.3, 0.4) is 0 Å². The largest absolute Gasteiger partial charge is 0.492 e. The van der Waals surface area contributed by atoms with Gasteiger partial charge in [0.15, 0.2) is 0 Å². The third-order valence-corrected chi connectivity index (χ3v) is 5.68. The van der Waals surface area contributed by atoms with Gasteiger partial charge in [0.25, 0.3) is 5.91 Å². The molecular formula is C27H28BrNO4. The number of nitrogens with one attached hydrogen (secondary N) is 1. The summed E-state index contributed by atoms with van der Waals surface area (Å²) >= 11 is 3.53. The van der Waals surface area contributed by atoms with E-state index in [4.69, 9.17) is 9.47 Å². The van der Waals surface area contributed by atoms with E-state index in [1.54, 1.807) is 24.3 Å². The third kappa shape index (κ3) is 7.46. The predicted octanol–water partition coefficient (Wildman–Crippen LogP) is 6.90. The number of carbonyl (C=O) groups is 2. The lowest BCUT2D eigenvalue weighted by Gasteiger charge is -2.11. The average Bonchev–Trinajstić information content (AvgIpc) is 2.79. The zero-order chi connectivity index (χ0) is 23.8. The zero-order valence-electron chi connectivity index (χ0n) is 19.1. The van der Waals surface area contributed by atoms with Gasteiger partial charge in [-0.3, -0.25) is 9.59 Å². The molecule has 0 saturated carbocycles. The van der Waals surface area contributed by atoms with Crippen molar-refractivity contribution in [3.63, 3.8) is 0 Å². The maximum absolute atomic E-state index is 12.4. The van der Waals surface area contributed by atoms with E-state index < -0.39 is 0 Å². The van der Waals surface area contributed by atoms with Crippen molar-refractivity contribution >= 4 is 33.5 Å². The first kappa shape index (κ1) is 24.5. The molecule has 0 aliphatic rings. The van der Waals surface area contributed by atoms with Crippen LogP contribution in [-0.2, 0) is 4.79 Å². The molecule has 0 atom stereocenters. The Morgan fingerprint density at radius 3 is 2.30 bits per heavy atom. The molecule has 33 heavy (non-hydrogen) atoms. The van der Waals surface area contributed by atoms with Crippen LogP contribution in [0.1, 0.15) is 54.1 Å².